The summed E-state index contributed by atoms with van der Waals surface area (Å²) in [6, 6.07) is 18.3. The van der Waals surface area contributed by atoms with Crippen molar-refractivity contribution in [2.75, 3.05) is 7.11 Å². The van der Waals surface area contributed by atoms with Crippen LogP contribution in [0, 0.1) is 5.92 Å². The number of nitrogens with zero attached hydrogens (tertiary/aromatic N) is 2. The Hall–Kier alpha value is -3.64. The second kappa shape index (κ2) is 10.5. The Morgan fingerprint density at radius 1 is 1.11 bits per heavy atom. The van der Waals surface area contributed by atoms with Crippen LogP contribution in [-0.2, 0) is 24.3 Å². The molecular weight excluding hydrogens is 448 g/mol. The fourth-order valence-corrected chi connectivity index (χ4v) is 5.23. The van der Waals surface area contributed by atoms with Gasteiger partial charge in [-0.1, -0.05) is 38.1 Å². The van der Waals surface area contributed by atoms with E-state index in [0.29, 0.717) is 18.9 Å². The Kier molecular flexibility index (Phi) is 7.05. The number of amides is 1. The smallest absolute Gasteiger partial charge is 0.237 e. The highest BCUT2D eigenvalue weighted by molar-refractivity contribution is 5.90. The van der Waals surface area contributed by atoms with E-state index >= 15 is 0 Å². The number of ether oxygens (including phenoxy) is 1. The lowest BCUT2D eigenvalue weighted by Crippen LogP contribution is -2.46. The van der Waals surface area contributed by atoms with Crippen molar-refractivity contribution < 1.29 is 9.53 Å². The molecule has 186 valence electrons. The van der Waals surface area contributed by atoms with Crippen LogP contribution in [0.2, 0.25) is 0 Å². The highest BCUT2D eigenvalue weighted by Gasteiger charge is 2.30. The van der Waals surface area contributed by atoms with Crippen LogP contribution in [0.4, 0.5) is 0 Å². The lowest BCUT2D eigenvalue weighted by molar-refractivity contribution is -0.123. The zero-order valence-electron chi connectivity index (χ0n) is 21.2. The molecule has 2 atom stereocenters. The third-order valence-corrected chi connectivity index (χ3v) is 6.97. The molecule has 4 aromatic rings. The van der Waals surface area contributed by atoms with Crippen molar-refractivity contribution >= 4 is 16.8 Å². The number of methoxy groups -OCH3 is 1. The summed E-state index contributed by atoms with van der Waals surface area (Å²) >= 11 is 0. The van der Waals surface area contributed by atoms with Crippen LogP contribution in [0.3, 0.4) is 0 Å². The Balaban J connectivity index is 1.43. The minimum atomic E-state index is -0.306. The van der Waals surface area contributed by atoms with Crippen molar-refractivity contribution in [3.05, 3.63) is 95.4 Å². The number of rotatable bonds is 8. The number of hydrogen-bond acceptors (Lipinski definition) is 4. The molecule has 0 aliphatic carbocycles. The molecular formula is C30H34N4O2. The molecule has 2 N–H and O–H groups in total. The molecule has 0 fully saturated rings. The van der Waals surface area contributed by atoms with E-state index in [1.807, 2.05) is 36.7 Å². The molecule has 0 bridgehead atoms. The van der Waals surface area contributed by atoms with Crippen molar-refractivity contribution in [2.45, 2.75) is 51.9 Å². The first kappa shape index (κ1) is 24.1. The van der Waals surface area contributed by atoms with Gasteiger partial charge < -0.3 is 14.6 Å². The number of pyridine rings is 1. The molecule has 1 aliphatic heterocycles. The van der Waals surface area contributed by atoms with Gasteiger partial charge >= 0.3 is 0 Å². The van der Waals surface area contributed by atoms with Crippen molar-refractivity contribution in [2.24, 2.45) is 5.92 Å². The van der Waals surface area contributed by atoms with E-state index in [-0.39, 0.29) is 18.0 Å². The highest BCUT2D eigenvalue weighted by atomic mass is 16.5. The van der Waals surface area contributed by atoms with Gasteiger partial charge in [0.25, 0.3) is 0 Å². The molecule has 36 heavy (non-hydrogen) atoms. The van der Waals surface area contributed by atoms with E-state index in [0.717, 1.165) is 24.3 Å². The van der Waals surface area contributed by atoms with Crippen molar-refractivity contribution in [3.63, 3.8) is 0 Å². The standard InChI is InChI=1S/C30H34N4O2/c1-20(2)15-26-25-5-4-6-28-29(25)23(19-34(28)18-22-11-13-31-14-12-22)16-27(33-26)30(35)32-17-21-7-9-24(36-3)10-8-21/h4-14,19-20,26-27,33H,15-18H2,1-3H3,(H,32,35)/t26-,27-/m0/s1. The summed E-state index contributed by atoms with van der Waals surface area (Å²) in [6.45, 7) is 5.74. The Bertz CT molecular complexity index is 1330. The summed E-state index contributed by atoms with van der Waals surface area (Å²) in [7, 11) is 1.65. The van der Waals surface area contributed by atoms with Crippen molar-refractivity contribution in [1.29, 1.82) is 0 Å². The molecule has 5 rings (SSSR count). The van der Waals surface area contributed by atoms with E-state index < -0.39 is 0 Å². The minimum absolute atomic E-state index is 0.0300. The summed E-state index contributed by atoms with van der Waals surface area (Å²) in [6.07, 6.45) is 7.53. The maximum atomic E-state index is 13.4. The number of aromatic nitrogens is 2. The Morgan fingerprint density at radius 3 is 2.61 bits per heavy atom. The van der Waals surface area contributed by atoms with Crippen LogP contribution in [0.25, 0.3) is 10.9 Å². The summed E-state index contributed by atoms with van der Waals surface area (Å²) in [4.78, 5) is 17.6. The van der Waals surface area contributed by atoms with Gasteiger partial charge in [0.15, 0.2) is 0 Å². The number of hydrogen-bond donors (Lipinski definition) is 2. The molecule has 6 heteroatoms. The number of benzene rings is 2. The van der Waals surface area contributed by atoms with E-state index in [1.54, 1.807) is 7.11 Å². The maximum absolute atomic E-state index is 13.4. The van der Waals surface area contributed by atoms with Crippen LogP contribution in [0.15, 0.2) is 73.2 Å². The van der Waals surface area contributed by atoms with Gasteiger partial charge in [-0.15, -0.1) is 0 Å². The zero-order chi connectivity index (χ0) is 25.1. The topological polar surface area (TPSA) is 68.2 Å². The van der Waals surface area contributed by atoms with Gasteiger partial charge in [0, 0.05) is 48.6 Å². The van der Waals surface area contributed by atoms with E-state index in [1.165, 1.54) is 27.6 Å². The Labute approximate surface area is 212 Å². The van der Waals surface area contributed by atoms with E-state index in [2.05, 4.69) is 70.6 Å². The largest absolute Gasteiger partial charge is 0.497 e. The van der Waals surface area contributed by atoms with Gasteiger partial charge in [-0.25, -0.2) is 0 Å². The Morgan fingerprint density at radius 2 is 1.89 bits per heavy atom. The summed E-state index contributed by atoms with van der Waals surface area (Å²) < 4.78 is 7.56. The molecule has 0 saturated heterocycles. The molecule has 0 saturated carbocycles. The molecule has 1 aliphatic rings. The van der Waals surface area contributed by atoms with Gasteiger partial charge in [-0.3, -0.25) is 15.1 Å². The summed E-state index contributed by atoms with van der Waals surface area (Å²) in [5.74, 6) is 1.34. The number of carbonyl (C=O) groups is 1. The number of carbonyl (C=O) groups excluding carboxylic acids is 1. The average molecular weight is 483 g/mol. The monoisotopic (exact) mass is 482 g/mol. The average Bonchev–Trinajstić information content (AvgIpc) is 3.15. The SMILES string of the molecule is COc1ccc(CNC(=O)[C@@H]2Cc3cn(Cc4ccncc4)c4cccc(c34)[C@H](CC(C)C)N2)cc1. The van der Waals surface area contributed by atoms with Gasteiger partial charge in [-0.05, 0) is 71.3 Å². The van der Waals surface area contributed by atoms with Gasteiger partial charge in [0.05, 0.1) is 13.2 Å². The second-order valence-corrected chi connectivity index (χ2v) is 10.1. The predicted octanol–water partition coefficient (Wildman–Crippen LogP) is 5.01. The fourth-order valence-electron chi connectivity index (χ4n) is 5.23. The molecule has 0 unspecified atom stereocenters. The minimum Gasteiger partial charge on any atom is -0.497 e. The van der Waals surface area contributed by atoms with Crippen LogP contribution < -0.4 is 15.4 Å². The number of nitrogens with one attached hydrogen (secondary N) is 2. The van der Waals surface area contributed by atoms with E-state index in [9.17, 15) is 4.79 Å². The van der Waals surface area contributed by atoms with Gasteiger partial charge in [0.1, 0.15) is 5.75 Å². The van der Waals surface area contributed by atoms with Crippen LogP contribution in [0.1, 0.15) is 48.6 Å². The predicted molar refractivity (Wildman–Crippen MR) is 143 cm³/mol. The first-order chi connectivity index (χ1) is 17.5. The second-order valence-electron chi connectivity index (χ2n) is 10.1. The summed E-state index contributed by atoms with van der Waals surface area (Å²) in [5.41, 5.74) is 5.98. The molecule has 1 amide bonds. The normalized spacial score (nSPS) is 17.2. The van der Waals surface area contributed by atoms with E-state index in [4.69, 9.17) is 4.74 Å². The third kappa shape index (κ3) is 5.14. The quantitative estimate of drug-likeness (QED) is 0.370. The molecule has 6 nitrogen and oxygen atoms in total. The van der Waals surface area contributed by atoms with Crippen molar-refractivity contribution in [3.8, 4) is 5.75 Å². The summed E-state index contributed by atoms with van der Waals surface area (Å²) in [5, 5.41) is 8.16. The van der Waals surface area contributed by atoms with Crippen molar-refractivity contribution in [1.82, 2.24) is 20.2 Å². The molecule has 0 spiro atoms. The molecule has 3 heterocycles. The van der Waals surface area contributed by atoms with Gasteiger partial charge in [-0.2, -0.15) is 0 Å². The fraction of sp³-hybridized carbons (Fsp3) is 0.333. The maximum Gasteiger partial charge on any atom is 0.237 e. The first-order valence-corrected chi connectivity index (χ1v) is 12.7. The molecule has 2 aromatic heterocycles. The lowest BCUT2D eigenvalue weighted by atomic mass is 9.94. The molecule has 2 aromatic carbocycles. The van der Waals surface area contributed by atoms with Crippen LogP contribution >= 0.6 is 0 Å². The van der Waals surface area contributed by atoms with Gasteiger partial charge in [0.2, 0.25) is 5.91 Å². The molecule has 0 radical (unpaired) electrons. The zero-order valence-corrected chi connectivity index (χ0v) is 21.2. The lowest BCUT2D eigenvalue weighted by Gasteiger charge is -2.25. The van der Waals surface area contributed by atoms with Crippen LogP contribution in [-0.4, -0.2) is 28.6 Å². The highest BCUT2D eigenvalue weighted by Crippen LogP contribution is 2.36. The first-order valence-electron chi connectivity index (χ1n) is 12.7. The van der Waals surface area contributed by atoms with Crippen LogP contribution in [0.5, 0.6) is 5.75 Å². The third-order valence-electron chi connectivity index (χ3n) is 6.97.